The quantitative estimate of drug-likeness (QED) is 0.748. The number of nitrogens with one attached hydrogen (secondary N) is 1. The number of hydrogen-bond acceptors (Lipinski definition) is 5. The third kappa shape index (κ3) is 2.78. The standard InChI is InChI=1S/C17H19F2N5O2/c1-16(2,25)10-4-5-13-11(6-10)14(22-23(13)3)21-12-7-20-24-8-17(18,19)9-26-15(12)24/h4-7,25H,8-9H2,1-3H3,(H,21,22). The summed E-state index contributed by atoms with van der Waals surface area (Å²) in [5, 5.41) is 22.6. The van der Waals surface area contributed by atoms with Crippen LogP contribution in [0.5, 0.6) is 5.88 Å². The summed E-state index contributed by atoms with van der Waals surface area (Å²) in [6.07, 6.45) is 1.44. The van der Waals surface area contributed by atoms with Crippen LogP contribution in [0.4, 0.5) is 20.3 Å². The van der Waals surface area contributed by atoms with Crippen LogP contribution in [0.3, 0.4) is 0 Å². The molecule has 0 unspecified atom stereocenters. The molecule has 0 saturated carbocycles. The summed E-state index contributed by atoms with van der Waals surface area (Å²) in [6, 6.07) is 5.59. The molecule has 3 heterocycles. The van der Waals surface area contributed by atoms with Gasteiger partial charge in [-0.05, 0) is 31.5 Å². The van der Waals surface area contributed by atoms with Crippen LogP contribution in [-0.2, 0) is 19.2 Å². The molecule has 0 bridgehead atoms. The van der Waals surface area contributed by atoms with Crippen LogP contribution in [0, 0.1) is 0 Å². The van der Waals surface area contributed by atoms with E-state index in [2.05, 4.69) is 15.5 Å². The zero-order valence-electron chi connectivity index (χ0n) is 14.6. The van der Waals surface area contributed by atoms with Crippen molar-refractivity contribution in [2.45, 2.75) is 31.9 Å². The Labute approximate surface area is 148 Å². The highest BCUT2D eigenvalue weighted by molar-refractivity contribution is 5.92. The van der Waals surface area contributed by atoms with E-state index < -0.39 is 24.7 Å². The lowest BCUT2D eigenvalue weighted by Crippen LogP contribution is -2.36. The van der Waals surface area contributed by atoms with Gasteiger partial charge in [0.1, 0.15) is 12.2 Å². The molecule has 0 radical (unpaired) electrons. The molecule has 0 atom stereocenters. The van der Waals surface area contributed by atoms with Gasteiger partial charge >= 0.3 is 5.92 Å². The number of aliphatic hydroxyl groups is 1. The molecule has 1 aliphatic rings. The van der Waals surface area contributed by atoms with Gasteiger partial charge in [0.25, 0.3) is 0 Å². The molecule has 0 amide bonds. The van der Waals surface area contributed by atoms with Crippen molar-refractivity contribution in [3.63, 3.8) is 0 Å². The molecule has 1 aliphatic heterocycles. The fourth-order valence-corrected chi connectivity index (χ4v) is 3.03. The van der Waals surface area contributed by atoms with E-state index in [0.717, 1.165) is 21.1 Å². The molecule has 9 heteroatoms. The van der Waals surface area contributed by atoms with Crippen molar-refractivity contribution in [3.8, 4) is 5.88 Å². The summed E-state index contributed by atoms with van der Waals surface area (Å²) in [5.41, 5.74) is 1.09. The second kappa shape index (κ2) is 5.41. The van der Waals surface area contributed by atoms with Crippen LogP contribution in [0.25, 0.3) is 10.9 Å². The number of nitrogens with zero attached hydrogens (tertiary/aromatic N) is 4. The molecule has 0 spiro atoms. The molecule has 138 valence electrons. The molecule has 2 N–H and O–H groups in total. The molecule has 1 aromatic carbocycles. The number of ether oxygens (including phenoxy) is 1. The van der Waals surface area contributed by atoms with Crippen LogP contribution in [0.1, 0.15) is 19.4 Å². The summed E-state index contributed by atoms with van der Waals surface area (Å²) < 4.78 is 34.9. The van der Waals surface area contributed by atoms with Crippen molar-refractivity contribution in [1.82, 2.24) is 19.6 Å². The summed E-state index contributed by atoms with van der Waals surface area (Å²) in [6.45, 7) is 2.22. The predicted molar refractivity (Wildman–Crippen MR) is 91.9 cm³/mol. The van der Waals surface area contributed by atoms with Crippen LogP contribution >= 0.6 is 0 Å². The number of halogens is 2. The smallest absolute Gasteiger partial charge is 0.300 e. The molecule has 4 rings (SSSR count). The Morgan fingerprint density at radius 3 is 2.85 bits per heavy atom. The summed E-state index contributed by atoms with van der Waals surface area (Å²) in [5.74, 6) is -2.14. The van der Waals surface area contributed by atoms with E-state index in [1.807, 2.05) is 25.2 Å². The van der Waals surface area contributed by atoms with Gasteiger partial charge in [0.2, 0.25) is 5.88 Å². The average molecular weight is 363 g/mol. The Kier molecular flexibility index (Phi) is 3.49. The fraction of sp³-hybridized carbons (Fsp3) is 0.412. The van der Waals surface area contributed by atoms with Gasteiger partial charge in [0.15, 0.2) is 12.4 Å². The molecule has 0 fully saturated rings. The lowest BCUT2D eigenvalue weighted by atomic mass is 9.97. The zero-order chi connectivity index (χ0) is 18.7. The van der Waals surface area contributed by atoms with Crippen molar-refractivity contribution in [3.05, 3.63) is 30.0 Å². The fourth-order valence-electron chi connectivity index (χ4n) is 3.03. The maximum atomic E-state index is 13.4. The monoisotopic (exact) mass is 363 g/mol. The third-order valence-electron chi connectivity index (χ3n) is 4.40. The molecule has 26 heavy (non-hydrogen) atoms. The van der Waals surface area contributed by atoms with Crippen molar-refractivity contribution in [1.29, 1.82) is 0 Å². The molecule has 3 aromatic rings. The number of alkyl halides is 2. The van der Waals surface area contributed by atoms with E-state index in [4.69, 9.17) is 4.74 Å². The second-order valence-electron chi connectivity index (χ2n) is 7.05. The Balaban J connectivity index is 1.73. The summed E-state index contributed by atoms with van der Waals surface area (Å²) in [7, 11) is 1.81. The highest BCUT2D eigenvalue weighted by Crippen LogP contribution is 2.36. The SMILES string of the molecule is Cn1nc(Nc2cnn3c2OCC(F)(F)C3)c2cc(C(C)(C)O)ccc21. The van der Waals surface area contributed by atoms with Gasteiger partial charge in [-0.15, -0.1) is 0 Å². The van der Waals surface area contributed by atoms with Gasteiger partial charge in [-0.3, -0.25) is 4.68 Å². The maximum Gasteiger partial charge on any atom is 0.300 e. The number of rotatable bonds is 3. The lowest BCUT2D eigenvalue weighted by molar-refractivity contribution is -0.0792. The molecule has 0 saturated heterocycles. The lowest BCUT2D eigenvalue weighted by Gasteiger charge is -2.24. The molecule has 7 nitrogen and oxygen atoms in total. The van der Waals surface area contributed by atoms with E-state index >= 15 is 0 Å². The Morgan fingerprint density at radius 1 is 1.35 bits per heavy atom. The van der Waals surface area contributed by atoms with Gasteiger partial charge in [-0.25, -0.2) is 13.5 Å². The van der Waals surface area contributed by atoms with E-state index in [0.29, 0.717) is 11.5 Å². The molecular formula is C17H19F2N5O2. The van der Waals surface area contributed by atoms with Crippen LogP contribution in [-0.4, -0.2) is 37.2 Å². The third-order valence-corrected chi connectivity index (χ3v) is 4.40. The first-order chi connectivity index (χ1) is 12.1. The number of anilines is 2. The van der Waals surface area contributed by atoms with Crippen molar-refractivity contribution >= 4 is 22.4 Å². The zero-order valence-corrected chi connectivity index (χ0v) is 14.6. The molecular weight excluding hydrogens is 344 g/mol. The minimum atomic E-state index is -2.93. The number of fused-ring (bicyclic) bond motifs is 2. The normalized spacial score (nSPS) is 16.4. The van der Waals surface area contributed by atoms with Crippen LogP contribution < -0.4 is 10.1 Å². The largest absolute Gasteiger partial charge is 0.470 e. The minimum absolute atomic E-state index is 0.258. The number of aromatic nitrogens is 4. The van der Waals surface area contributed by atoms with Crippen molar-refractivity contribution < 1.29 is 18.6 Å². The maximum absolute atomic E-state index is 13.4. The Morgan fingerprint density at radius 2 is 2.12 bits per heavy atom. The van der Waals surface area contributed by atoms with Gasteiger partial charge in [-0.2, -0.15) is 10.2 Å². The van der Waals surface area contributed by atoms with E-state index in [1.165, 1.54) is 6.20 Å². The first kappa shape index (κ1) is 16.8. The highest BCUT2D eigenvalue weighted by Gasteiger charge is 2.37. The van der Waals surface area contributed by atoms with E-state index in [-0.39, 0.29) is 5.88 Å². The topological polar surface area (TPSA) is 77.1 Å². The van der Waals surface area contributed by atoms with E-state index in [9.17, 15) is 13.9 Å². The minimum Gasteiger partial charge on any atom is -0.470 e. The number of hydrogen-bond donors (Lipinski definition) is 2. The van der Waals surface area contributed by atoms with Gasteiger partial charge in [-0.1, -0.05) is 6.07 Å². The van der Waals surface area contributed by atoms with Gasteiger partial charge in [0, 0.05) is 12.4 Å². The second-order valence-corrected chi connectivity index (χ2v) is 7.05. The van der Waals surface area contributed by atoms with Crippen LogP contribution in [0.2, 0.25) is 0 Å². The van der Waals surface area contributed by atoms with Crippen molar-refractivity contribution in [2.24, 2.45) is 7.05 Å². The Bertz CT molecular complexity index is 987. The number of benzene rings is 1. The summed E-state index contributed by atoms with van der Waals surface area (Å²) in [4.78, 5) is 0. The average Bonchev–Trinajstić information content (AvgIpc) is 3.07. The first-order valence-electron chi connectivity index (χ1n) is 8.17. The highest BCUT2D eigenvalue weighted by atomic mass is 19.3. The Hall–Kier alpha value is -2.68. The molecule has 2 aromatic heterocycles. The van der Waals surface area contributed by atoms with Gasteiger partial charge < -0.3 is 15.2 Å². The molecule has 0 aliphatic carbocycles. The van der Waals surface area contributed by atoms with Crippen molar-refractivity contribution in [2.75, 3.05) is 11.9 Å². The summed E-state index contributed by atoms with van der Waals surface area (Å²) >= 11 is 0. The van der Waals surface area contributed by atoms with E-state index in [1.54, 1.807) is 18.5 Å². The predicted octanol–water partition coefficient (Wildman–Crippen LogP) is 2.77. The first-order valence-corrected chi connectivity index (χ1v) is 8.17. The van der Waals surface area contributed by atoms with Crippen LogP contribution in [0.15, 0.2) is 24.4 Å². The number of aryl methyl sites for hydroxylation is 1. The van der Waals surface area contributed by atoms with Gasteiger partial charge in [0.05, 0.1) is 17.3 Å².